The summed E-state index contributed by atoms with van der Waals surface area (Å²) in [4.78, 5) is 18.3. The van der Waals surface area contributed by atoms with Gasteiger partial charge in [-0.15, -0.1) is 5.53 Å². The van der Waals surface area contributed by atoms with Gasteiger partial charge in [0.05, 0.1) is 23.7 Å². The maximum Gasteiger partial charge on any atom is 0.338 e. The molecule has 6 nitrogen and oxygen atoms in total. The van der Waals surface area contributed by atoms with E-state index in [1.807, 2.05) is 71.0 Å². The van der Waals surface area contributed by atoms with E-state index in [2.05, 4.69) is 11.6 Å². The lowest BCUT2D eigenvalue weighted by atomic mass is 10.0. The summed E-state index contributed by atoms with van der Waals surface area (Å²) in [7, 11) is 0. The normalized spacial score (nSPS) is 16.8. The van der Waals surface area contributed by atoms with E-state index in [0.29, 0.717) is 0 Å². The highest BCUT2D eigenvalue weighted by atomic mass is 16.7. The summed E-state index contributed by atoms with van der Waals surface area (Å²) in [6, 6.07) is 8.14. The maximum atomic E-state index is 12.4. The van der Waals surface area contributed by atoms with E-state index >= 15 is 0 Å². The molecule has 2 unspecified atom stereocenters. The molecule has 1 heterocycles. The second kappa shape index (κ2) is 8.36. The molecule has 1 aliphatic heterocycles. The molecule has 0 saturated carbocycles. The van der Waals surface area contributed by atoms with Crippen LogP contribution < -0.4 is 10.5 Å². The predicted molar refractivity (Wildman–Crippen MR) is 97.9 cm³/mol. The predicted octanol–water partition coefficient (Wildman–Crippen LogP) is 3.70. The van der Waals surface area contributed by atoms with Crippen molar-refractivity contribution in [1.82, 2.24) is 10.7 Å². The van der Waals surface area contributed by atoms with Crippen LogP contribution in [0.5, 0.6) is 0 Å². The van der Waals surface area contributed by atoms with Gasteiger partial charge < -0.3 is 4.74 Å². The Morgan fingerprint density at radius 1 is 1.24 bits per heavy atom. The number of nitrogens with one attached hydrogen (secondary N) is 1. The van der Waals surface area contributed by atoms with Crippen LogP contribution in [0, 0.1) is 12.8 Å². The van der Waals surface area contributed by atoms with E-state index in [9.17, 15) is 4.79 Å². The van der Waals surface area contributed by atoms with Gasteiger partial charge in [-0.2, -0.15) is 5.17 Å². The van der Waals surface area contributed by atoms with Crippen molar-refractivity contribution < 1.29 is 14.4 Å². The fourth-order valence-electron chi connectivity index (χ4n) is 2.53. The van der Waals surface area contributed by atoms with Crippen molar-refractivity contribution in [1.29, 1.82) is 0 Å². The van der Waals surface area contributed by atoms with E-state index < -0.39 is 6.10 Å². The minimum absolute atomic E-state index is 0.0368. The van der Waals surface area contributed by atoms with E-state index in [-0.39, 0.29) is 18.0 Å². The summed E-state index contributed by atoms with van der Waals surface area (Å²) < 4.78 is 5.35. The third kappa shape index (κ3) is 4.96. The molecule has 2 atom stereocenters. The summed E-state index contributed by atoms with van der Waals surface area (Å²) in [5, 5.41) is 3.39. The Labute approximate surface area is 150 Å². The molecule has 0 spiro atoms. The number of carbonyl (C=O) groups excluding carboxylic acids is 1. The van der Waals surface area contributed by atoms with Gasteiger partial charge in [0.25, 0.3) is 0 Å². The van der Waals surface area contributed by atoms with Crippen LogP contribution in [0.25, 0.3) is 0 Å². The second-order valence-electron chi connectivity index (χ2n) is 6.77. The SMILES string of the molecule is CCC(C)C(ON1C=C(C)N(c2cccc(C)c2)N1)C(=O)OC(C)C. The van der Waals surface area contributed by atoms with Crippen molar-refractivity contribution in [3.63, 3.8) is 0 Å². The van der Waals surface area contributed by atoms with E-state index in [1.54, 1.807) is 0 Å². The highest BCUT2D eigenvalue weighted by molar-refractivity contribution is 5.75. The number of aryl methyl sites for hydroxylation is 1. The number of hydrazine groups is 2. The standard InChI is InChI=1S/C19H29N3O3/c1-7-15(5)18(19(23)24-13(2)3)25-21-12-16(6)22(20-21)17-10-8-9-14(4)11-17/h8-13,15,18,20H,7H2,1-6H3. The summed E-state index contributed by atoms with van der Waals surface area (Å²) in [6.07, 6.45) is 1.80. The minimum atomic E-state index is -0.665. The van der Waals surface area contributed by atoms with Gasteiger partial charge in [0.15, 0.2) is 6.10 Å². The Morgan fingerprint density at radius 2 is 1.96 bits per heavy atom. The number of ether oxygens (including phenoxy) is 1. The van der Waals surface area contributed by atoms with Crippen LogP contribution in [-0.4, -0.2) is 23.3 Å². The zero-order chi connectivity index (χ0) is 18.6. The van der Waals surface area contributed by atoms with Gasteiger partial charge >= 0.3 is 5.97 Å². The largest absolute Gasteiger partial charge is 0.461 e. The van der Waals surface area contributed by atoms with E-state index in [4.69, 9.17) is 9.57 Å². The summed E-state index contributed by atoms with van der Waals surface area (Å²) in [6.45, 7) is 11.7. The summed E-state index contributed by atoms with van der Waals surface area (Å²) in [5.74, 6) is -0.305. The van der Waals surface area contributed by atoms with Crippen molar-refractivity contribution in [2.75, 3.05) is 5.01 Å². The molecule has 0 amide bonds. The van der Waals surface area contributed by atoms with Crippen LogP contribution in [0.1, 0.15) is 46.6 Å². The molecular weight excluding hydrogens is 318 g/mol. The van der Waals surface area contributed by atoms with Crippen molar-refractivity contribution in [2.24, 2.45) is 5.92 Å². The van der Waals surface area contributed by atoms with Crippen LogP contribution in [0.4, 0.5) is 5.69 Å². The Hall–Kier alpha value is -2.05. The molecular formula is C19H29N3O3. The minimum Gasteiger partial charge on any atom is -0.461 e. The molecule has 2 rings (SSSR count). The summed E-state index contributed by atoms with van der Waals surface area (Å²) in [5.41, 5.74) is 6.28. The first-order chi connectivity index (χ1) is 11.8. The maximum absolute atomic E-state index is 12.4. The number of nitrogens with zero attached hydrogens (tertiary/aromatic N) is 2. The van der Waals surface area contributed by atoms with Gasteiger partial charge in [0, 0.05) is 0 Å². The average molecular weight is 347 g/mol. The number of rotatable bonds is 7. The molecule has 0 saturated heterocycles. The molecule has 138 valence electrons. The molecule has 0 radical (unpaired) electrons. The fourth-order valence-corrected chi connectivity index (χ4v) is 2.53. The molecule has 25 heavy (non-hydrogen) atoms. The summed E-state index contributed by atoms with van der Waals surface area (Å²) >= 11 is 0. The average Bonchev–Trinajstić information content (AvgIpc) is 2.91. The molecule has 1 aromatic carbocycles. The van der Waals surface area contributed by atoms with Crippen molar-refractivity contribution >= 4 is 11.7 Å². The molecule has 6 heteroatoms. The monoisotopic (exact) mass is 347 g/mol. The number of anilines is 1. The van der Waals surface area contributed by atoms with Crippen LogP contribution in [-0.2, 0) is 14.4 Å². The van der Waals surface area contributed by atoms with Gasteiger partial charge in [0.2, 0.25) is 0 Å². The highest BCUT2D eigenvalue weighted by Crippen LogP contribution is 2.24. The molecule has 1 N–H and O–H groups in total. The Bertz CT molecular complexity index is 630. The fraction of sp³-hybridized carbons (Fsp3) is 0.526. The smallest absolute Gasteiger partial charge is 0.338 e. The van der Waals surface area contributed by atoms with E-state index in [0.717, 1.165) is 17.8 Å². The van der Waals surface area contributed by atoms with Gasteiger partial charge in [-0.25, -0.2) is 9.63 Å². The molecule has 1 aromatic rings. The second-order valence-corrected chi connectivity index (χ2v) is 6.77. The first kappa shape index (κ1) is 19.3. The third-order valence-corrected chi connectivity index (χ3v) is 4.09. The first-order valence-corrected chi connectivity index (χ1v) is 8.79. The lowest BCUT2D eigenvalue weighted by molar-refractivity contribution is -0.221. The van der Waals surface area contributed by atoms with Crippen LogP contribution in [0.15, 0.2) is 36.2 Å². The zero-order valence-corrected chi connectivity index (χ0v) is 15.9. The van der Waals surface area contributed by atoms with Gasteiger partial charge in [0.1, 0.15) is 0 Å². The van der Waals surface area contributed by atoms with Crippen molar-refractivity contribution in [3.8, 4) is 0 Å². The van der Waals surface area contributed by atoms with Crippen molar-refractivity contribution in [3.05, 3.63) is 41.7 Å². The van der Waals surface area contributed by atoms with Crippen LogP contribution >= 0.6 is 0 Å². The van der Waals surface area contributed by atoms with Crippen LogP contribution in [0.2, 0.25) is 0 Å². The van der Waals surface area contributed by atoms with E-state index in [1.165, 1.54) is 10.7 Å². The van der Waals surface area contributed by atoms with Gasteiger partial charge in [-0.3, -0.25) is 5.01 Å². The van der Waals surface area contributed by atoms with Crippen molar-refractivity contribution in [2.45, 2.75) is 60.2 Å². The number of hydrogen-bond donors (Lipinski definition) is 1. The number of carbonyl (C=O) groups is 1. The highest BCUT2D eigenvalue weighted by Gasteiger charge is 2.32. The Kier molecular flexibility index (Phi) is 6.45. The third-order valence-electron chi connectivity index (χ3n) is 4.09. The van der Waals surface area contributed by atoms with Gasteiger partial charge in [-0.05, 0) is 51.3 Å². The number of hydrogen-bond acceptors (Lipinski definition) is 6. The molecule has 0 fully saturated rings. The van der Waals surface area contributed by atoms with Gasteiger partial charge in [-0.1, -0.05) is 32.4 Å². The van der Waals surface area contributed by atoms with Crippen LogP contribution in [0.3, 0.4) is 0 Å². The molecule has 1 aliphatic rings. The number of benzene rings is 1. The lowest BCUT2D eigenvalue weighted by Gasteiger charge is -2.28. The first-order valence-electron chi connectivity index (χ1n) is 8.79. The zero-order valence-electron chi connectivity index (χ0n) is 15.9. The molecule has 0 aromatic heterocycles. The quantitative estimate of drug-likeness (QED) is 0.759. The topological polar surface area (TPSA) is 54.0 Å². The molecule has 0 bridgehead atoms. The molecule has 0 aliphatic carbocycles. The number of esters is 1. The lowest BCUT2D eigenvalue weighted by Crippen LogP contribution is -2.46. The number of allylic oxidation sites excluding steroid dienone is 1. The number of hydroxylamine groups is 1. The Morgan fingerprint density at radius 3 is 2.56 bits per heavy atom. The Balaban J connectivity index is 2.09.